The molecule has 0 heterocycles. The third-order valence-corrected chi connectivity index (χ3v) is 2.50. The number of ether oxygens (including phenoxy) is 1. The van der Waals surface area contributed by atoms with E-state index in [4.69, 9.17) is 5.73 Å². The van der Waals surface area contributed by atoms with E-state index in [1.54, 1.807) is 0 Å². The fourth-order valence-electron chi connectivity index (χ4n) is 1.12. The van der Waals surface area contributed by atoms with Crippen LogP contribution >= 0.6 is 12.6 Å². The van der Waals surface area contributed by atoms with E-state index in [0.29, 0.717) is 0 Å². The second-order valence-electron chi connectivity index (χ2n) is 2.90. The second kappa shape index (κ2) is 5.02. The van der Waals surface area contributed by atoms with E-state index in [9.17, 15) is 4.79 Å². The van der Waals surface area contributed by atoms with Gasteiger partial charge in [0.1, 0.15) is 5.25 Å². The number of carbonyl (C=O) groups is 1. The maximum atomic E-state index is 11.1. The first-order valence-corrected chi connectivity index (χ1v) is 4.75. The van der Waals surface area contributed by atoms with Gasteiger partial charge >= 0.3 is 5.97 Å². The Hall–Kier alpha value is -1.00. The monoisotopic (exact) mass is 211 g/mol. The van der Waals surface area contributed by atoms with Gasteiger partial charge in [0, 0.05) is 0 Å². The van der Waals surface area contributed by atoms with Gasteiger partial charge in [-0.25, -0.2) is 0 Å². The van der Waals surface area contributed by atoms with Crippen molar-refractivity contribution in [2.24, 2.45) is 5.73 Å². The van der Waals surface area contributed by atoms with Crippen molar-refractivity contribution in [2.45, 2.75) is 11.3 Å². The third-order valence-electron chi connectivity index (χ3n) is 1.97. The molecule has 4 heteroatoms. The quantitative estimate of drug-likeness (QED) is 0.582. The average molecular weight is 211 g/mol. The van der Waals surface area contributed by atoms with Gasteiger partial charge < -0.3 is 10.5 Å². The van der Waals surface area contributed by atoms with Crippen LogP contribution in [0.15, 0.2) is 30.3 Å². The summed E-state index contributed by atoms with van der Waals surface area (Å²) in [6.45, 7) is 0. The molecular formula is C10H13NO2S. The lowest BCUT2D eigenvalue weighted by molar-refractivity contribution is -0.140. The van der Waals surface area contributed by atoms with Crippen LogP contribution in [0.25, 0.3) is 0 Å². The van der Waals surface area contributed by atoms with Gasteiger partial charge in [-0.1, -0.05) is 30.3 Å². The molecule has 1 aromatic carbocycles. The summed E-state index contributed by atoms with van der Waals surface area (Å²) in [5.74, 6) is -0.412. The van der Waals surface area contributed by atoms with Crippen molar-refractivity contribution < 1.29 is 9.53 Å². The Morgan fingerprint density at radius 3 is 2.50 bits per heavy atom. The van der Waals surface area contributed by atoms with Gasteiger partial charge in [-0.3, -0.25) is 4.79 Å². The number of carbonyl (C=O) groups excluding carboxylic acids is 1. The van der Waals surface area contributed by atoms with E-state index >= 15 is 0 Å². The summed E-state index contributed by atoms with van der Waals surface area (Å²) in [5, 5.41) is -0.623. The lowest BCUT2D eigenvalue weighted by Crippen LogP contribution is -2.30. The van der Waals surface area contributed by atoms with Gasteiger partial charge in [-0.2, -0.15) is 12.6 Å². The third kappa shape index (κ3) is 2.49. The number of nitrogens with two attached hydrogens (primary N) is 1. The maximum absolute atomic E-state index is 11.1. The predicted octanol–water partition coefficient (Wildman–Crippen LogP) is 1.16. The van der Waals surface area contributed by atoms with E-state index in [-0.39, 0.29) is 0 Å². The number of thiol groups is 1. The molecule has 0 amide bonds. The Morgan fingerprint density at radius 1 is 1.43 bits per heavy atom. The Labute approximate surface area is 88.7 Å². The van der Waals surface area contributed by atoms with Crippen LogP contribution in [0.5, 0.6) is 0 Å². The molecular weight excluding hydrogens is 198 g/mol. The minimum Gasteiger partial charge on any atom is -0.468 e. The predicted molar refractivity (Wildman–Crippen MR) is 58.2 cm³/mol. The minimum absolute atomic E-state index is 0.412. The van der Waals surface area contributed by atoms with Gasteiger partial charge in [-0.05, 0) is 5.56 Å². The van der Waals surface area contributed by atoms with Crippen LogP contribution in [-0.2, 0) is 9.53 Å². The normalized spacial score (nSPS) is 14.5. The molecule has 0 spiro atoms. The van der Waals surface area contributed by atoms with Gasteiger partial charge in [0.05, 0.1) is 13.2 Å². The van der Waals surface area contributed by atoms with Crippen LogP contribution < -0.4 is 5.73 Å². The molecule has 0 bridgehead atoms. The smallest absolute Gasteiger partial charge is 0.320 e. The number of hydrogen-bond acceptors (Lipinski definition) is 4. The van der Waals surface area contributed by atoms with Gasteiger partial charge in [-0.15, -0.1) is 0 Å². The van der Waals surface area contributed by atoms with Crippen LogP contribution in [0.2, 0.25) is 0 Å². The molecule has 0 aromatic heterocycles. The van der Waals surface area contributed by atoms with E-state index < -0.39 is 17.3 Å². The summed E-state index contributed by atoms with van der Waals surface area (Å²) in [5.41, 5.74) is 6.71. The molecule has 0 saturated carbocycles. The number of benzene rings is 1. The van der Waals surface area contributed by atoms with Crippen molar-refractivity contribution in [1.82, 2.24) is 0 Å². The molecule has 0 aliphatic carbocycles. The molecule has 0 radical (unpaired) electrons. The molecule has 76 valence electrons. The lowest BCUT2D eigenvalue weighted by Gasteiger charge is -2.16. The highest BCUT2D eigenvalue weighted by atomic mass is 32.1. The molecule has 2 atom stereocenters. The molecule has 1 aromatic rings. The zero-order valence-corrected chi connectivity index (χ0v) is 8.78. The average Bonchev–Trinajstić information content (AvgIpc) is 2.27. The topological polar surface area (TPSA) is 52.3 Å². The number of rotatable bonds is 3. The lowest BCUT2D eigenvalue weighted by atomic mass is 10.0. The van der Waals surface area contributed by atoms with Gasteiger partial charge in [0.2, 0.25) is 0 Å². The Balaban J connectivity index is 2.75. The highest BCUT2D eigenvalue weighted by Crippen LogP contribution is 2.18. The summed E-state index contributed by atoms with van der Waals surface area (Å²) < 4.78 is 4.56. The van der Waals surface area contributed by atoms with Crippen molar-refractivity contribution in [3.8, 4) is 0 Å². The fraction of sp³-hybridized carbons (Fsp3) is 0.300. The molecule has 0 aliphatic heterocycles. The second-order valence-corrected chi connectivity index (χ2v) is 3.46. The van der Waals surface area contributed by atoms with E-state index in [0.717, 1.165) is 5.56 Å². The van der Waals surface area contributed by atoms with Crippen molar-refractivity contribution in [2.75, 3.05) is 7.11 Å². The fourth-order valence-corrected chi connectivity index (χ4v) is 1.40. The van der Waals surface area contributed by atoms with Crippen LogP contribution in [0.4, 0.5) is 0 Å². The Morgan fingerprint density at radius 2 is 2.00 bits per heavy atom. The highest BCUT2D eigenvalue weighted by molar-refractivity contribution is 7.81. The SMILES string of the molecule is COC(=O)C(S)[C@@H](N)c1ccccc1. The van der Waals surface area contributed by atoms with Crippen molar-refractivity contribution in [3.05, 3.63) is 35.9 Å². The molecule has 1 unspecified atom stereocenters. The van der Waals surface area contributed by atoms with Crippen LogP contribution in [0.1, 0.15) is 11.6 Å². The summed E-state index contributed by atoms with van der Waals surface area (Å²) in [4.78, 5) is 11.1. The molecule has 2 N–H and O–H groups in total. The molecule has 3 nitrogen and oxygen atoms in total. The first-order chi connectivity index (χ1) is 6.66. The molecule has 14 heavy (non-hydrogen) atoms. The molecule has 0 aliphatic rings. The number of hydrogen-bond donors (Lipinski definition) is 2. The number of methoxy groups -OCH3 is 1. The molecule has 1 rings (SSSR count). The standard InChI is InChI=1S/C10H13NO2S/c1-13-10(12)9(14)8(11)7-5-3-2-4-6-7/h2-6,8-9,14H,11H2,1H3/t8-,9?/m0/s1. The first-order valence-electron chi connectivity index (χ1n) is 4.23. The van der Waals surface area contributed by atoms with Crippen molar-refractivity contribution >= 4 is 18.6 Å². The summed E-state index contributed by atoms with van der Waals surface area (Å²) >= 11 is 4.11. The summed E-state index contributed by atoms with van der Waals surface area (Å²) in [7, 11) is 1.32. The number of esters is 1. The zero-order valence-electron chi connectivity index (χ0n) is 7.88. The minimum atomic E-state index is -0.623. The van der Waals surface area contributed by atoms with E-state index in [1.807, 2.05) is 30.3 Å². The van der Waals surface area contributed by atoms with Crippen LogP contribution in [-0.4, -0.2) is 18.3 Å². The van der Waals surface area contributed by atoms with E-state index in [2.05, 4.69) is 17.4 Å². The van der Waals surface area contributed by atoms with Crippen LogP contribution in [0, 0.1) is 0 Å². The molecule has 0 fully saturated rings. The Kier molecular flexibility index (Phi) is 3.98. The summed E-state index contributed by atoms with van der Waals surface area (Å²) in [6.07, 6.45) is 0. The maximum Gasteiger partial charge on any atom is 0.320 e. The van der Waals surface area contributed by atoms with E-state index in [1.165, 1.54) is 7.11 Å². The summed E-state index contributed by atoms with van der Waals surface area (Å²) in [6, 6.07) is 8.90. The molecule has 0 saturated heterocycles. The highest BCUT2D eigenvalue weighted by Gasteiger charge is 2.23. The van der Waals surface area contributed by atoms with Crippen LogP contribution in [0.3, 0.4) is 0 Å². The van der Waals surface area contributed by atoms with Crippen molar-refractivity contribution in [1.29, 1.82) is 0 Å². The van der Waals surface area contributed by atoms with Gasteiger partial charge in [0.25, 0.3) is 0 Å². The Bertz CT molecular complexity index is 302. The largest absolute Gasteiger partial charge is 0.468 e. The zero-order chi connectivity index (χ0) is 10.6. The first kappa shape index (κ1) is 11.1. The van der Waals surface area contributed by atoms with Gasteiger partial charge in [0.15, 0.2) is 0 Å². The van der Waals surface area contributed by atoms with Crippen molar-refractivity contribution in [3.63, 3.8) is 0 Å².